The van der Waals surface area contributed by atoms with E-state index in [1.165, 1.54) is 19.2 Å². The fraction of sp³-hybridized carbons (Fsp3) is 0.167. The highest BCUT2D eigenvalue weighted by atomic mass is 19.1. The highest BCUT2D eigenvalue weighted by molar-refractivity contribution is 5.95. The minimum atomic E-state index is -0.440. The van der Waals surface area contributed by atoms with Crippen LogP contribution in [0.1, 0.15) is 10.4 Å². The minimum Gasteiger partial charge on any atom is -0.355 e. The van der Waals surface area contributed by atoms with Crippen molar-refractivity contribution in [3.63, 3.8) is 0 Å². The third-order valence-corrected chi connectivity index (χ3v) is 2.43. The number of hydrogen-bond donors (Lipinski definition) is 1. The Morgan fingerprint density at radius 3 is 2.71 bits per heavy atom. The summed E-state index contributed by atoms with van der Waals surface area (Å²) >= 11 is 0. The molecule has 0 atom stereocenters. The quantitative estimate of drug-likeness (QED) is 0.856. The van der Waals surface area contributed by atoms with Crippen LogP contribution in [0.3, 0.4) is 0 Å². The van der Waals surface area contributed by atoms with Gasteiger partial charge in [0.2, 0.25) is 0 Å². The number of aryl methyl sites for hydroxylation is 1. The standard InChI is InChI=1S/C12H12FN3O/c1-14-12(17)9-3-8(4-11(13)5-9)10-6-15-16(2)7-10/h3-7H,1-2H3,(H,14,17). The van der Waals surface area contributed by atoms with Crippen molar-refractivity contribution in [3.8, 4) is 11.1 Å². The Hall–Kier alpha value is -2.17. The molecule has 5 heteroatoms. The molecule has 0 unspecified atom stereocenters. The molecule has 2 aromatic rings. The van der Waals surface area contributed by atoms with Gasteiger partial charge in [-0.3, -0.25) is 9.48 Å². The predicted octanol–water partition coefficient (Wildman–Crippen LogP) is 1.59. The number of nitrogens with one attached hydrogen (secondary N) is 1. The van der Waals surface area contributed by atoms with E-state index in [0.717, 1.165) is 5.56 Å². The van der Waals surface area contributed by atoms with E-state index in [1.54, 1.807) is 30.2 Å². The lowest BCUT2D eigenvalue weighted by atomic mass is 10.1. The average Bonchev–Trinajstić information content (AvgIpc) is 2.74. The van der Waals surface area contributed by atoms with Gasteiger partial charge < -0.3 is 5.32 Å². The zero-order valence-corrected chi connectivity index (χ0v) is 9.57. The van der Waals surface area contributed by atoms with Gasteiger partial charge in [-0.15, -0.1) is 0 Å². The van der Waals surface area contributed by atoms with E-state index >= 15 is 0 Å². The third-order valence-electron chi connectivity index (χ3n) is 2.43. The molecule has 0 aliphatic heterocycles. The first-order valence-electron chi connectivity index (χ1n) is 5.12. The van der Waals surface area contributed by atoms with Crippen molar-refractivity contribution in [2.45, 2.75) is 0 Å². The van der Waals surface area contributed by atoms with E-state index in [0.29, 0.717) is 11.1 Å². The summed E-state index contributed by atoms with van der Waals surface area (Å²) in [4.78, 5) is 11.5. The van der Waals surface area contributed by atoms with E-state index in [4.69, 9.17) is 0 Å². The van der Waals surface area contributed by atoms with Crippen LogP contribution in [-0.4, -0.2) is 22.7 Å². The smallest absolute Gasteiger partial charge is 0.251 e. The van der Waals surface area contributed by atoms with Crippen LogP contribution < -0.4 is 5.32 Å². The van der Waals surface area contributed by atoms with Gasteiger partial charge in [-0.1, -0.05) is 0 Å². The summed E-state index contributed by atoms with van der Waals surface area (Å²) in [5, 5.41) is 6.48. The van der Waals surface area contributed by atoms with E-state index in [9.17, 15) is 9.18 Å². The van der Waals surface area contributed by atoms with E-state index in [2.05, 4.69) is 10.4 Å². The number of amides is 1. The number of aromatic nitrogens is 2. The highest BCUT2D eigenvalue weighted by Crippen LogP contribution is 2.21. The molecule has 1 aromatic heterocycles. The summed E-state index contributed by atoms with van der Waals surface area (Å²) in [5.74, 6) is -0.750. The van der Waals surface area contributed by atoms with Crippen LogP contribution in [-0.2, 0) is 7.05 Å². The Kier molecular flexibility index (Phi) is 2.91. The molecule has 0 saturated heterocycles. The average molecular weight is 233 g/mol. The van der Waals surface area contributed by atoms with E-state index < -0.39 is 5.82 Å². The molecule has 17 heavy (non-hydrogen) atoms. The van der Waals surface area contributed by atoms with Gasteiger partial charge in [0.25, 0.3) is 5.91 Å². The largest absolute Gasteiger partial charge is 0.355 e. The van der Waals surface area contributed by atoms with Crippen LogP contribution in [0.4, 0.5) is 4.39 Å². The lowest BCUT2D eigenvalue weighted by Crippen LogP contribution is -2.17. The van der Waals surface area contributed by atoms with E-state index in [-0.39, 0.29) is 5.91 Å². The van der Waals surface area contributed by atoms with Gasteiger partial charge in [0.05, 0.1) is 6.20 Å². The lowest BCUT2D eigenvalue weighted by molar-refractivity contribution is 0.0962. The van der Waals surface area contributed by atoms with Crippen molar-refractivity contribution in [1.82, 2.24) is 15.1 Å². The number of nitrogens with zero attached hydrogens (tertiary/aromatic N) is 2. The van der Waals surface area contributed by atoms with Crippen LogP contribution in [0.15, 0.2) is 30.6 Å². The van der Waals surface area contributed by atoms with Gasteiger partial charge in [-0.25, -0.2) is 4.39 Å². The molecule has 1 N–H and O–H groups in total. The van der Waals surface area contributed by atoms with Crippen molar-refractivity contribution in [1.29, 1.82) is 0 Å². The highest BCUT2D eigenvalue weighted by Gasteiger charge is 2.09. The van der Waals surface area contributed by atoms with Gasteiger partial charge >= 0.3 is 0 Å². The molecule has 4 nitrogen and oxygen atoms in total. The monoisotopic (exact) mass is 233 g/mol. The maximum Gasteiger partial charge on any atom is 0.251 e. The Morgan fingerprint density at radius 2 is 2.12 bits per heavy atom. The lowest BCUT2D eigenvalue weighted by Gasteiger charge is -2.03. The molecule has 1 aromatic carbocycles. The van der Waals surface area contributed by atoms with Crippen molar-refractivity contribution >= 4 is 5.91 Å². The van der Waals surface area contributed by atoms with Gasteiger partial charge in [0.1, 0.15) is 5.82 Å². The van der Waals surface area contributed by atoms with Crippen LogP contribution >= 0.6 is 0 Å². The summed E-state index contributed by atoms with van der Waals surface area (Å²) in [6, 6.07) is 4.22. The molecule has 0 aliphatic rings. The Morgan fingerprint density at radius 1 is 1.35 bits per heavy atom. The number of carbonyl (C=O) groups excluding carboxylic acids is 1. The molecular weight excluding hydrogens is 221 g/mol. The number of halogens is 1. The molecule has 0 bridgehead atoms. The second-order valence-electron chi connectivity index (χ2n) is 3.71. The topological polar surface area (TPSA) is 46.9 Å². The summed E-state index contributed by atoms with van der Waals surface area (Å²) in [6.45, 7) is 0. The third kappa shape index (κ3) is 2.33. The van der Waals surface area contributed by atoms with Gasteiger partial charge in [-0.2, -0.15) is 5.10 Å². The van der Waals surface area contributed by atoms with Gasteiger partial charge in [0.15, 0.2) is 0 Å². The van der Waals surface area contributed by atoms with Crippen molar-refractivity contribution in [2.75, 3.05) is 7.05 Å². The molecule has 2 rings (SSSR count). The van der Waals surface area contributed by atoms with Crippen LogP contribution in [0.25, 0.3) is 11.1 Å². The molecule has 0 fully saturated rings. The number of hydrogen-bond acceptors (Lipinski definition) is 2. The fourth-order valence-electron chi connectivity index (χ4n) is 1.60. The van der Waals surface area contributed by atoms with Gasteiger partial charge in [-0.05, 0) is 23.8 Å². The second kappa shape index (κ2) is 4.37. The summed E-state index contributed by atoms with van der Waals surface area (Å²) in [5.41, 5.74) is 1.71. The normalized spacial score (nSPS) is 10.3. The number of rotatable bonds is 2. The molecule has 1 amide bonds. The predicted molar refractivity (Wildman–Crippen MR) is 62.0 cm³/mol. The summed E-state index contributed by atoms with van der Waals surface area (Å²) in [7, 11) is 3.29. The number of carbonyl (C=O) groups is 1. The van der Waals surface area contributed by atoms with Crippen molar-refractivity contribution < 1.29 is 9.18 Å². The molecule has 0 aliphatic carbocycles. The molecule has 0 radical (unpaired) electrons. The SMILES string of the molecule is CNC(=O)c1cc(F)cc(-c2cnn(C)c2)c1. The molecular formula is C12H12FN3O. The van der Waals surface area contributed by atoms with Crippen LogP contribution in [0, 0.1) is 5.82 Å². The molecule has 0 saturated carbocycles. The fourth-order valence-corrected chi connectivity index (χ4v) is 1.60. The Balaban J connectivity index is 2.48. The first kappa shape index (κ1) is 11.3. The first-order valence-corrected chi connectivity index (χ1v) is 5.12. The van der Waals surface area contributed by atoms with Crippen molar-refractivity contribution in [3.05, 3.63) is 42.0 Å². The maximum absolute atomic E-state index is 13.4. The van der Waals surface area contributed by atoms with E-state index in [1.807, 2.05) is 0 Å². The minimum absolute atomic E-state index is 0.298. The van der Waals surface area contributed by atoms with Crippen LogP contribution in [0.2, 0.25) is 0 Å². The molecule has 0 spiro atoms. The maximum atomic E-state index is 13.4. The van der Waals surface area contributed by atoms with Crippen molar-refractivity contribution in [2.24, 2.45) is 7.05 Å². The molecule has 1 heterocycles. The zero-order chi connectivity index (χ0) is 12.4. The Bertz CT molecular complexity index is 563. The Labute approximate surface area is 98.1 Å². The summed E-state index contributed by atoms with van der Waals surface area (Å²) in [6.07, 6.45) is 3.39. The zero-order valence-electron chi connectivity index (χ0n) is 9.57. The van der Waals surface area contributed by atoms with Gasteiger partial charge in [0, 0.05) is 31.4 Å². The second-order valence-corrected chi connectivity index (χ2v) is 3.71. The summed E-state index contributed by atoms with van der Waals surface area (Å²) < 4.78 is 15.0. The molecule has 88 valence electrons. The first-order chi connectivity index (χ1) is 8.10. The number of benzene rings is 1. The van der Waals surface area contributed by atoms with Crippen LogP contribution in [0.5, 0.6) is 0 Å².